The number of hydrogen-bond acceptors (Lipinski definition) is 5. The van der Waals surface area contributed by atoms with Gasteiger partial charge in [0.1, 0.15) is 17.8 Å². The van der Waals surface area contributed by atoms with Crippen molar-refractivity contribution in [3.63, 3.8) is 0 Å². The average molecular weight is 557 g/mol. The topological polar surface area (TPSA) is 121 Å². The van der Waals surface area contributed by atoms with Crippen LogP contribution >= 0.6 is 11.6 Å². The van der Waals surface area contributed by atoms with Crippen molar-refractivity contribution in [2.24, 2.45) is 11.3 Å². The maximum absolute atomic E-state index is 13.8. The van der Waals surface area contributed by atoms with Crippen LogP contribution in [-0.2, 0) is 19.1 Å². The fourth-order valence-electron chi connectivity index (χ4n) is 6.83. The summed E-state index contributed by atoms with van der Waals surface area (Å²) in [5, 5.41) is 7.23. The standard InChI is InChI=1S/C29H37ClN4O5/c1-28(2)14-18(24(35)33-28)12-22(27(38)39-3)32-25(36)23-15-29(9-5-4-6-10-29)16-34(23)26(37)21-11-17-7-8-19(30)13-20(17)31-21/h7-8,11,13,18,22-23,31H,4-6,9-10,12,14-16H2,1-3H3,(H,32,36)(H,33,35)/t18-,22?,23+/m1/s1. The zero-order valence-electron chi connectivity index (χ0n) is 22.8. The van der Waals surface area contributed by atoms with Crippen LogP contribution < -0.4 is 10.6 Å². The Morgan fingerprint density at radius 2 is 1.90 bits per heavy atom. The van der Waals surface area contributed by atoms with Crippen LogP contribution in [0.1, 0.15) is 75.7 Å². The first-order valence-electron chi connectivity index (χ1n) is 13.8. The first-order chi connectivity index (χ1) is 18.5. The predicted octanol–water partition coefficient (Wildman–Crippen LogP) is 3.95. The number of benzene rings is 1. The number of H-pyrrole nitrogens is 1. The molecule has 3 N–H and O–H groups in total. The van der Waals surface area contributed by atoms with Crippen LogP contribution in [0.2, 0.25) is 5.02 Å². The van der Waals surface area contributed by atoms with Crippen LogP contribution in [0, 0.1) is 11.3 Å². The normalized spacial score (nSPS) is 24.5. The van der Waals surface area contributed by atoms with Crippen molar-refractivity contribution >= 4 is 46.2 Å². The highest BCUT2D eigenvalue weighted by Gasteiger charge is 2.50. The lowest BCUT2D eigenvalue weighted by molar-refractivity contribution is -0.146. The predicted molar refractivity (Wildman–Crippen MR) is 147 cm³/mol. The summed E-state index contributed by atoms with van der Waals surface area (Å²) in [5.74, 6) is -1.81. The highest BCUT2D eigenvalue weighted by atomic mass is 35.5. The molecule has 10 heteroatoms. The highest BCUT2D eigenvalue weighted by molar-refractivity contribution is 6.31. The Kier molecular flexibility index (Phi) is 7.39. The van der Waals surface area contributed by atoms with Crippen LogP contribution in [-0.4, -0.2) is 64.9 Å². The molecule has 3 heterocycles. The highest BCUT2D eigenvalue weighted by Crippen LogP contribution is 2.47. The zero-order valence-corrected chi connectivity index (χ0v) is 23.5. The molecule has 3 amide bonds. The monoisotopic (exact) mass is 556 g/mol. The Hall–Kier alpha value is -3.07. The van der Waals surface area contributed by atoms with Gasteiger partial charge in [0, 0.05) is 33.9 Å². The third kappa shape index (κ3) is 5.64. The number of rotatable bonds is 6. The van der Waals surface area contributed by atoms with Gasteiger partial charge in [-0.05, 0) is 69.6 Å². The Balaban J connectivity index is 1.39. The van der Waals surface area contributed by atoms with E-state index in [0.717, 1.165) is 43.0 Å². The summed E-state index contributed by atoms with van der Waals surface area (Å²) in [5.41, 5.74) is 0.647. The zero-order chi connectivity index (χ0) is 27.9. The molecule has 1 unspecified atom stereocenters. The second-order valence-corrected chi connectivity index (χ2v) is 12.7. The summed E-state index contributed by atoms with van der Waals surface area (Å²) in [6, 6.07) is 5.46. The molecule has 1 aromatic heterocycles. The molecule has 3 atom stereocenters. The van der Waals surface area contributed by atoms with E-state index in [1.54, 1.807) is 23.1 Å². The largest absolute Gasteiger partial charge is 0.467 e. The van der Waals surface area contributed by atoms with Crippen LogP contribution in [0.5, 0.6) is 0 Å². The number of carbonyl (C=O) groups is 4. The minimum atomic E-state index is -0.984. The van der Waals surface area contributed by atoms with Gasteiger partial charge in [0.25, 0.3) is 5.91 Å². The molecule has 1 saturated carbocycles. The Labute approximate surface area is 233 Å². The van der Waals surface area contributed by atoms with E-state index in [1.165, 1.54) is 7.11 Å². The number of hydrogen-bond donors (Lipinski definition) is 3. The summed E-state index contributed by atoms with van der Waals surface area (Å²) in [7, 11) is 1.27. The minimum Gasteiger partial charge on any atom is -0.467 e. The van der Waals surface area contributed by atoms with Crippen LogP contribution in [0.3, 0.4) is 0 Å². The summed E-state index contributed by atoms with van der Waals surface area (Å²) in [6.45, 7) is 4.35. The van der Waals surface area contributed by atoms with Gasteiger partial charge in [-0.1, -0.05) is 36.9 Å². The molecule has 39 heavy (non-hydrogen) atoms. The Bertz CT molecular complexity index is 1300. The molecule has 2 aromatic rings. The quantitative estimate of drug-likeness (QED) is 0.465. The number of aromatic amines is 1. The molecule has 2 saturated heterocycles. The number of halogens is 1. The lowest BCUT2D eigenvalue weighted by Crippen LogP contribution is -2.51. The number of methoxy groups -OCH3 is 1. The number of nitrogens with one attached hydrogen (secondary N) is 3. The SMILES string of the molecule is COC(=O)C(C[C@@H]1CC(C)(C)NC1=O)NC(=O)[C@@H]1CC2(CCCCC2)CN1C(=O)c1cc2ccc(Cl)cc2[nH]1. The molecule has 3 fully saturated rings. The number of amides is 3. The van der Waals surface area contributed by atoms with Gasteiger partial charge < -0.3 is 25.3 Å². The number of carbonyl (C=O) groups excluding carboxylic acids is 4. The molecule has 210 valence electrons. The molecule has 2 aliphatic heterocycles. The van der Waals surface area contributed by atoms with E-state index in [0.29, 0.717) is 30.1 Å². The summed E-state index contributed by atoms with van der Waals surface area (Å²) in [4.78, 5) is 57.7. The van der Waals surface area contributed by atoms with Crippen molar-refractivity contribution in [1.82, 2.24) is 20.5 Å². The molecular weight excluding hydrogens is 520 g/mol. The molecular formula is C29H37ClN4O5. The fraction of sp³-hybridized carbons (Fsp3) is 0.586. The van der Waals surface area contributed by atoms with E-state index in [-0.39, 0.29) is 29.2 Å². The third-order valence-electron chi connectivity index (χ3n) is 8.71. The van der Waals surface area contributed by atoms with E-state index in [9.17, 15) is 19.2 Å². The molecule has 1 aromatic carbocycles. The lowest BCUT2D eigenvalue weighted by atomic mass is 9.72. The van der Waals surface area contributed by atoms with Crippen LogP contribution in [0.25, 0.3) is 10.9 Å². The molecule has 9 nitrogen and oxygen atoms in total. The number of ether oxygens (including phenoxy) is 1. The number of likely N-dealkylation sites (tertiary alicyclic amines) is 1. The van der Waals surface area contributed by atoms with E-state index in [1.807, 2.05) is 19.9 Å². The van der Waals surface area contributed by atoms with E-state index in [4.69, 9.17) is 16.3 Å². The molecule has 3 aliphatic rings. The summed E-state index contributed by atoms with van der Waals surface area (Å²) in [6.07, 6.45) is 6.44. The number of esters is 1. The van der Waals surface area contributed by atoms with Gasteiger partial charge >= 0.3 is 5.97 Å². The lowest BCUT2D eigenvalue weighted by Gasteiger charge is -2.32. The Morgan fingerprint density at radius 1 is 1.15 bits per heavy atom. The van der Waals surface area contributed by atoms with Crippen LogP contribution in [0.4, 0.5) is 0 Å². The average Bonchev–Trinajstić information content (AvgIpc) is 3.55. The van der Waals surface area contributed by atoms with Crippen molar-refractivity contribution < 1.29 is 23.9 Å². The number of nitrogens with zero attached hydrogens (tertiary/aromatic N) is 1. The molecule has 1 spiro atoms. The van der Waals surface area contributed by atoms with Gasteiger partial charge in [-0.25, -0.2) is 4.79 Å². The van der Waals surface area contributed by atoms with Gasteiger partial charge in [0.2, 0.25) is 11.8 Å². The van der Waals surface area contributed by atoms with Gasteiger partial charge in [-0.15, -0.1) is 0 Å². The minimum absolute atomic E-state index is 0.124. The third-order valence-corrected chi connectivity index (χ3v) is 8.95. The van der Waals surface area contributed by atoms with Crippen molar-refractivity contribution in [2.45, 2.75) is 82.8 Å². The van der Waals surface area contributed by atoms with Crippen molar-refractivity contribution in [2.75, 3.05) is 13.7 Å². The van der Waals surface area contributed by atoms with Crippen molar-refractivity contribution in [1.29, 1.82) is 0 Å². The van der Waals surface area contributed by atoms with E-state index >= 15 is 0 Å². The Morgan fingerprint density at radius 3 is 2.56 bits per heavy atom. The van der Waals surface area contributed by atoms with Gasteiger partial charge in [0.15, 0.2) is 0 Å². The maximum atomic E-state index is 13.8. The second kappa shape index (κ2) is 10.5. The van der Waals surface area contributed by atoms with Crippen molar-refractivity contribution in [3.8, 4) is 0 Å². The van der Waals surface area contributed by atoms with E-state index < -0.39 is 29.9 Å². The maximum Gasteiger partial charge on any atom is 0.328 e. The smallest absolute Gasteiger partial charge is 0.328 e. The molecule has 0 radical (unpaired) electrons. The van der Waals surface area contributed by atoms with Crippen LogP contribution in [0.15, 0.2) is 24.3 Å². The van der Waals surface area contributed by atoms with Gasteiger partial charge in [-0.3, -0.25) is 14.4 Å². The summed E-state index contributed by atoms with van der Waals surface area (Å²) >= 11 is 6.14. The molecule has 1 aliphatic carbocycles. The first kappa shape index (κ1) is 27.5. The van der Waals surface area contributed by atoms with E-state index in [2.05, 4.69) is 15.6 Å². The van der Waals surface area contributed by atoms with Gasteiger partial charge in [0.05, 0.1) is 7.11 Å². The number of aromatic nitrogens is 1. The first-order valence-corrected chi connectivity index (χ1v) is 14.2. The van der Waals surface area contributed by atoms with Gasteiger partial charge in [-0.2, -0.15) is 0 Å². The molecule has 5 rings (SSSR count). The summed E-state index contributed by atoms with van der Waals surface area (Å²) < 4.78 is 4.99. The fourth-order valence-corrected chi connectivity index (χ4v) is 7.00. The van der Waals surface area contributed by atoms with Crippen molar-refractivity contribution in [3.05, 3.63) is 35.0 Å². The second-order valence-electron chi connectivity index (χ2n) is 12.2. The number of fused-ring (bicyclic) bond motifs is 1. The molecule has 0 bridgehead atoms.